The number of nitrogens with two attached hydrogens (primary N) is 1. The Balaban J connectivity index is 2.95. The van der Waals surface area contributed by atoms with Gasteiger partial charge in [0.05, 0.1) is 6.10 Å². The summed E-state index contributed by atoms with van der Waals surface area (Å²) < 4.78 is 34.5. The normalized spacial score (nSPS) is 16.0. The second-order valence-corrected chi connectivity index (χ2v) is 5.21. The lowest BCUT2D eigenvalue weighted by atomic mass is 10.1. The molecule has 0 fully saturated rings. The summed E-state index contributed by atoms with van der Waals surface area (Å²) >= 11 is 0. The number of aliphatic hydroxyl groups is 1. The van der Waals surface area contributed by atoms with Crippen molar-refractivity contribution in [2.45, 2.75) is 18.3 Å². The molecule has 15 heavy (non-hydrogen) atoms. The van der Waals surface area contributed by atoms with E-state index in [0.717, 1.165) is 12.1 Å². The van der Waals surface area contributed by atoms with Crippen LogP contribution in [0.3, 0.4) is 0 Å². The van der Waals surface area contributed by atoms with Crippen molar-refractivity contribution in [1.29, 1.82) is 0 Å². The number of rotatable bonds is 3. The van der Waals surface area contributed by atoms with Gasteiger partial charge < -0.3 is 5.11 Å². The molecule has 3 N–H and O–H groups in total. The summed E-state index contributed by atoms with van der Waals surface area (Å²) in [6.07, 6.45) is -1.25. The average molecular weight is 233 g/mol. The molecule has 6 heteroatoms. The molecule has 4 nitrogen and oxygen atoms in total. The van der Waals surface area contributed by atoms with Gasteiger partial charge in [0.15, 0.2) is 0 Å². The maximum absolute atomic E-state index is 12.6. The molecule has 0 aliphatic heterocycles. The molecule has 0 unspecified atom stereocenters. The molecule has 0 aliphatic rings. The van der Waals surface area contributed by atoms with Crippen LogP contribution < -0.4 is 5.14 Å². The van der Waals surface area contributed by atoms with Crippen LogP contribution in [-0.4, -0.2) is 18.8 Å². The molecule has 0 aliphatic carbocycles. The predicted molar refractivity (Wildman–Crippen MR) is 53.9 cm³/mol. The molecule has 84 valence electrons. The number of hydrogen-bond donors (Lipinski definition) is 2. The van der Waals surface area contributed by atoms with E-state index in [2.05, 4.69) is 0 Å². The van der Waals surface area contributed by atoms with E-state index < -0.39 is 27.2 Å². The quantitative estimate of drug-likeness (QED) is 0.799. The Bertz CT molecular complexity index is 429. The van der Waals surface area contributed by atoms with Gasteiger partial charge in [-0.3, -0.25) is 0 Å². The third-order valence-corrected chi connectivity index (χ3v) is 3.47. The highest BCUT2D eigenvalue weighted by Gasteiger charge is 2.25. The summed E-state index contributed by atoms with van der Waals surface area (Å²) in [7, 11) is -3.80. The second kappa shape index (κ2) is 4.26. The smallest absolute Gasteiger partial charge is 0.214 e. The van der Waals surface area contributed by atoms with Gasteiger partial charge in [-0.25, -0.2) is 17.9 Å². The lowest BCUT2D eigenvalue weighted by Crippen LogP contribution is -2.31. The average Bonchev–Trinajstić information content (AvgIpc) is 2.15. The highest BCUT2D eigenvalue weighted by atomic mass is 32.2. The molecule has 0 saturated heterocycles. The van der Waals surface area contributed by atoms with E-state index in [1.165, 1.54) is 19.1 Å². The summed E-state index contributed by atoms with van der Waals surface area (Å²) in [4.78, 5) is 0. The van der Waals surface area contributed by atoms with Gasteiger partial charge in [-0.15, -0.1) is 0 Å². The molecule has 1 aromatic rings. The van der Waals surface area contributed by atoms with E-state index in [9.17, 15) is 17.9 Å². The van der Waals surface area contributed by atoms with Gasteiger partial charge in [0, 0.05) is 0 Å². The third-order valence-electron chi connectivity index (χ3n) is 2.17. The van der Waals surface area contributed by atoms with Crippen LogP contribution in [0, 0.1) is 5.82 Å². The van der Waals surface area contributed by atoms with Crippen molar-refractivity contribution in [3.05, 3.63) is 35.6 Å². The summed E-state index contributed by atoms with van der Waals surface area (Å²) in [5.41, 5.74) is 0.318. The van der Waals surface area contributed by atoms with Gasteiger partial charge in [-0.2, -0.15) is 0 Å². The fourth-order valence-electron chi connectivity index (χ4n) is 1.11. The van der Waals surface area contributed by atoms with Gasteiger partial charge in [0.1, 0.15) is 11.1 Å². The van der Waals surface area contributed by atoms with Crippen molar-refractivity contribution < 1.29 is 17.9 Å². The van der Waals surface area contributed by atoms with Gasteiger partial charge in [-0.05, 0) is 24.6 Å². The minimum Gasteiger partial charge on any atom is -0.387 e. The molecule has 0 radical (unpaired) electrons. The van der Waals surface area contributed by atoms with E-state index >= 15 is 0 Å². The highest BCUT2D eigenvalue weighted by molar-refractivity contribution is 7.89. The summed E-state index contributed by atoms with van der Waals surface area (Å²) in [6, 6.07) is 4.94. The minimum absolute atomic E-state index is 0.318. The number of primary sulfonamides is 1. The molecular formula is C9H12FNO3S. The monoisotopic (exact) mass is 233 g/mol. The van der Waals surface area contributed by atoms with Crippen LogP contribution in [0.5, 0.6) is 0 Å². The minimum atomic E-state index is -3.80. The van der Waals surface area contributed by atoms with Crippen molar-refractivity contribution in [3.8, 4) is 0 Å². The van der Waals surface area contributed by atoms with Crippen molar-refractivity contribution in [1.82, 2.24) is 0 Å². The predicted octanol–water partition coefficient (Wildman–Crippen LogP) is 0.536. The molecule has 0 spiro atoms. The SMILES string of the molecule is C[C@H]([C@@H](O)c1ccc(F)cc1)S(N)(=O)=O. The van der Waals surface area contributed by atoms with Crippen molar-refractivity contribution in [3.63, 3.8) is 0 Å². The zero-order valence-electron chi connectivity index (χ0n) is 8.09. The molecule has 0 heterocycles. The molecule has 1 rings (SSSR count). The van der Waals surface area contributed by atoms with Gasteiger partial charge >= 0.3 is 0 Å². The van der Waals surface area contributed by atoms with Crippen LogP contribution >= 0.6 is 0 Å². The molecular weight excluding hydrogens is 221 g/mol. The number of aliphatic hydroxyl groups excluding tert-OH is 1. The van der Waals surface area contributed by atoms with E-state index in [-0.39, 0.29) is 0 Å². The van der Waals surface area contributed by atoms with Gasteiger partial charge in [0.25, 0.3) is 0 Å². The lowest BCUT2D eigenvalue weighted by Gasteiger charge is -2.16. The van der Waals surface area contributed by atoms with E-state index in [1.54, 1.807) is 0 Å². The van der Waals surface area contributed by atoms with E-state index in [4.69, 9.17) is 5.14 Å². The second-order valence-electron chi connectivity index (χ2n) is 3.29. The van der Waals surface area contributed by atoms with E-state index in [1.807, 2.05) is 0 Å². The summed E-state index contributed by atoms with van der Waals surface area (Å²) in [5, 5.41) is 13.4. The standard InChI is InChI=1S/C9H12FNO3S/c1-6(15(11,13)14)9(12)7-2-4-8(10)5-3-7/h2-6,9,12H,1H3,(H2,11,13,14)/t6-,9-/m1/s1. The van der Waals surface area contributed by atoms with E-state index in [0.29, 0.717) is 5.56 Å². The molecule has 0 aromatic heterocycles. The topological polar surface area (TPSA) is 80.4 Å². The van der Waals surface area contributed by atoms with Crippen molar-refractivity contribution in [2.24, 2.45) is 5.14 Å². The van der Waals surface area contributed by atoms with Crippen LogP contribution in [0.1, 0.15) is 18.6 Å². The first-order chi connectivity index (χ1) is 6.82. The Hall–Kier alpha value is -0.980. The fraction of sp³-hybridized carbons (Fsp3) is 0.333. The maximum Gasteiger partial charge on any atom is 0.214 e. The van der Waals surface area contributed by atoms with Crippen LogP contribution in [-0.2, 0) is 10.0 Å². The third kappa shape index (κ3) is 2.98. The Morgan fingerprint density at radius 3 is 2.20 bits per heavy atom. The molecule has 0 amide bonds. The van der Waals surface area contributed by atoms with Crippen LogP contribution in [0.25, 0.3) is 0 Å². The Labute approximate surface area is 87.6 Å². The zero-order chi connectivity index (χ0) is 11.6. The van der Waals surface area contributed by atoms with Crippen LogP contribution in [0.15, 0.2) is 24.3 Å². The number of halogens is 1. The Kier molecular flexibility index (Phi) is 3.43. The molecule has 0 bridgehead atoms. The number of hydrogen-bond acceptors (Lipinski definition) is 3. The molecule has 0 saturated carbocycles. The van der Waals surface area contributed by atoms with Crippen LogP contribution in [0.2, 0.25) is 0 Å². The van der Waals surface area contributed by atoms with Gasteiger partial charge in [0.2, 0.25) is 10.0 Å². The maximum atomic E-state index is 12.6. The number of sulfonamides is 1. The Morgan fingerprint density at radius 2 is 1.80 bits per heavy atom. The van der Waals surface area contributed by atoms with Crippen molar-refractivity contribution >= 4 is 10.0 Å². The largest absolute Gasteiger partial charge is 0.387 e. The molecule has 2 atom stereocenters. The van der Waals surface area contributed by atoms with Crippen molar-refractivity contribution in [2.75, 3.05) is 0 Å². The Morgan fingerprint density at radius 1 is 1.33 bits per heavy atom. The highest BCUT2D eigenvalue weighted by Crippen LogP contribution is 2.20. The number of benzene rings is 1. The van der Waals surface area contributed by atoms with Crippen LogP contribution in [0.4, 0.5) is 4.39 Å². The summed E-state index contributed by atoms with van der Waals surface area (Å²) in [6.45, 7) is 1.29. The first-order valence-electron chi connectivity index (χ1n) is 4.27. The lowest BCUT2D eigenvalue weighted by molar-refractivity contribution is 0.176. The fourth-order valence-corrected chi connectivity index (χ4v) is 1.63. The first kappa shape index (κ1) is 12.1. The summed E-state index contributed by atoms with van der Waals surface area (Å²) in [5.74, 6) is -0.450. The molecule has 1 aromatic carbocycles. The first-order valence-corrected chi connectivity index (χ1v) is 5.88. The van der Waals surface area contributed by atoms with Gasteiger partial charge in [-0.1, -0.05) is 12.1 Å². The zero-order valence-corrected chi connectivity index (χ0v) is 8.91.